The Morgan fingerprint density at radius 1 is 1.21 bits per heavy atom. The van der Waals surface area contributed by atoms with Crippen LogP contribution in [0.15, 0.2) is 58.0 Å². The lowest BCUT2D eigenvalue weighted by atomic mass is 10.00. The maximum absolute atomic E-state index is 13.3. The first-order valence-electron chi connectivity index (χ1n) is 12.1. The van der Waals surface area contributed by atoms with Crippen molar-refractivity contribution in [3.63, 3.8) is 0 Å². The topological polar surface area (TPSA) is 137 Å². The van der Waals surface area contributed by atoms with E-state index in [-0.39, 0.29) is 51.4 Å². The molecule has 0 saturated heterocycles. The lowest BCUT2D eigenvalue weighted by Gasteiger charge is -2.13. The van der Waals surface area contributed by atoms with Crippen LogP contribution in [-0.4, -0.2) is 34.2 Å². The van der Waals surface area contributed by atoms with Gasteiger partial charge in [0.2, 0.25) is 5.95 Å². The van der Waals surface area contributed by atoms with E-state index in [1.807, 2.05) is 0 Å². The highest BCUT2D eigenvalue weighted by Crippen LogP contribution is 2.35. The molecule has 33 heavy (non-hydrogen) atoms. The third-order valence-electron chi connectivity index (χ3n) is 4.93. The zero-order valence-electron chi connectivity index (χ0n) is 22.0. The largest absolute Gasteiger partial charge is 0.448 e. The van der Waals surface area contributed by atoms with Crippen LogP contribution in [0.25, 0.3) is 28.0 Å². The normalized spacial score (nSPS) is 13.5. The first kappa shape index (κ1) is 15.7. The number of aryl methyl sites for hydroxylation is 1. The number of nitrogens with zero attached hydrogens (tertiary/aromatic N) is 6. The lowest BCUT2D eigenvalue weighted by molar-refractivity contribution is 0.277. The number of anilines is 1. The van der Waals surface area contributed by atoms with E-state index in [1.54, 1.807) is 6.92 Å². The summed E-state index contributed by atoms with van der Waals surface area (Å²) < 4.78 is 48.5. The molecule has 0 unspecified atom stereocenters. The number of rotatable bonds is 5. The number of nitrogen functional groups attached to an aromatic ring is 1. The molecule has 5 aromatic rings. The minimum atomic E-state index is -0.663. The van der Waals surface area contributed by atoms with Crippen LogP contribution in [0.5, 0.6) is 0 Å². The number of fused-ring (bicyclic) bond motifs is 1. The van der Waals surface area contributed by atoms with Crippen LogP contribution in [0.1, 0.15) is 24.0 Å². The number of aliphatic hydroxyl groups excluding tert-OH is 1. The Morgan fingerprint density at radius 2 is 2.00 bits per heavy atom. The summed E-state index contributed by atoms with van der Waals surface area (Å²) in [6.45, 7) is 1.14. The summed E-state index contributed by atoms with van der Waals surface area (Å²) in [4.78, 5) is 25.8. The molecule has 0 saturated carbocycles. The van der Waals surface area contributed by atoms with Crippen molar-refractivity contribution < 1.29 is 16.4 Å². The summed E-state index contributed by atoms with van der Waals surface area (Å²) in [5, 5.41) is 14.1. The summed E-state index contributed by atoms with van der Waals surface area (Å²) in [5.41, 5.74) is 6.08. The summed E-state index contributed by atoms with van der Waals surface area (Å²) in [7, 11) is 0. The van der Waals surface area contributed by atoms with Crippen molar-refractivity contribution in [2.75, 3.05) is 5.73 Å². The number of nitrogens with two attached hydrogens (primary N) is 1. The quantitative estimate of drug-likeness (QED) is 0.375. The van der Waals surface area contributed by atoms with Crippen molar-refractivity contribution in [2.24, 2.45) is 0 Å². The lowest BCUT2D eigenvalue weighted by Crippen LogP contribution is -2.24. The molecule has 0 spiro atoms. The number of oxazole rings is 1. The van der Waals surface area contributed by atoms with Gasteiger partial charge in [-0.3, -0.25) is 0 Å². The van der Waals surface area contributed by atoms with Gasteiger partial charge in [0, 0.05) is 5.56 Å². The van der Waals surface area contributed by atoms with E-state index >= 15 is 0 Å². The number of hydrogen-bond acceptors (Lipinski definition) is 8. The van der Waals surface area contributed by atoms with Crippen LogP contribution in [0.3, 0.4) is 0 Å². The number of aromatic nitrogens is 6. The first-order valence-corrected chi connectivity index (χ1v) is 9.94. The molecular formula is C22H18ClN7O3. The van der Waals surface area contributed by atoms with Crippen LogP contribution >= 0.6 is 11.6 Å². The fourth-order valence-corrected chi connectivity index (χ4v) is 3.65. The second kappa shape index (κ2) is 8.15. The van der Waals surface area contributed by atoms with E-state index in [0.29, 0.717) is 11.5 Å². The number of halogens is 1. The fraction of sp³-hybridized carbons (Fsp3) is 0.136. The molecule has 166 valence electrons. The zero-order valence-corrected chi connectivity index (χ0v) is 17.8. The van der Waals surface area contributed by atoms with E-state index in [2.05, 4.69) is 20.1 Å². The van der Waals surface area contributed by atoms with Crippen molar-refractivity contribution in [1.29, 1.82) is 0 Å². The Hall–Kier alpha value is -4.02. The van der Waals surface area contributed by atoms with Gasteiger partial charge in [-0.2, -0.15) is 0 Å². The molecule has 4 heterocycles. The summed E-state index contributed by atoms with van der Waals surface area (Å²) in [6, 6.07) is 0.0616. The fourth-order valence-electron chi connectivity index (χ4n) is 3.42. The highest BCUT2D eigenvalue weighted by atomic mass is 35.5. The molecule has 11 heteroatoms. The molecule has 10 nitrogen and oxygen atoms in total. The van der Waals surface area contributed by atoms with Crippen molar-refractivity contribution in [3.8, 4) is 22.4 Å². The molecule has 0 amide bonds. The Morgan fingerprint density at radius 3 is 2.70 bits per heavy atom. The smallest absolute Gasteiger partial charge is 0.353 e. The van der Waals surface area contributed by atoms with Gasteiger partial charge >= 0.3 is 5.69 Å². The Kier molecular flexibility index (Phi) is 3.89. The monoisotopic (exact) mass is 468 g/mol. The minimum absolute atomic E-state index is 0.00598. The van der Waals surface area contributed by atoms with Crippen LogP contribution in [-0.2, 0) is 13.2 Å². The zero-order chi connectivity index (χ0) is 27.5. The second-order valence-corrected chi connectivity index (χ2v) is 7.36. The Labute approximate surface area is 199 Å². The second-order valence-electron chi connectivity index (χ2n) is 6.98. The average molecular weight is 469 g/mol. The number of benzene rings is 1. The van der Waals surface area contributed by atoms with E-state index in [1.165, 1.54) is 18.5 Å². The molecule has 0 aliphatic rings. The highest BCUT2D eigenvalue weighted by Gasteiger charge is 2.23. The Balaban J connectivity index is 1.93. The molecule has 4 aromatic heterocycles. The van der Waals surface area contributed by atoms with E-state index in [9.17, 15) is 9.90 Å². The molecule has 0 radical (unpaired) electrons. The highest BCUT2D eigenvalue weighted by molar-refractivity contribution is 6.29. The van der Waals surface area contributed by atoms with Crippen LogP contribution in [0.4, 0.5) is 5.95 Å². The van der Waals surface area contributed by atoms with Crippen LogP contribution < -0.4 is 11.4 Å². The summed E-state index contributed by atoms with van der Waals surface area (Å²) in [6.07, 6.45) is 1.23. The van der Waals surface area contributed by atoms with E-state index < -0.39 is 42.5 Å². The van der Waals surface area contributed by atoms with Gasteiger partial charge in [-0.25, -0.2) is 28.8 Å². The van der Waals surface area contributed by atoms with Gasteiger partial charge in [-0.1, -0.05) is 41.8 Å². The number of aliphatic hydroxyl groups is 1. The molecule has 1 aromatic carbocycles. The third kappa shape index (κ3) is 3.65. The molecule has 0 aliphatic carbocycles. The predicted octanol–water partition coefficient (Wildman–Crippen LogP) is 2.69. The van der Waals surface area contributed by atoms with Crippen molar-refractivity contribution >= 4 is 23.2 Å². The molecule has 0 atom stereocenters. The van der Waals surface area contributed by atoms with Crippen molar-refractivity contribution in [3.05, 3.63) is 81.5 Å². The third-order valence-corrected chi connectivity index (χ3v) is 5.13. The van der Waals surface area contributed by atoms with Gasteiger partial charge in [-0.05, 0) is 24.6 Å². The molecule has 3 N–H and O–H groups in total. The molecule has 5 rings (SSSR count). The minimum Gasteiger partial charge on any atom is -0.448 e. The van der Waals surface area contributed by atoms with Gasteiger partial charge in [-0.15, -0.1) is 5.10 Å². The Bertz CT molecular complexity index is 1790. The number of pyridine rings is 1. The standard InChI is InChI=1S/C22H18ClN7O3/c1-12-16(25-11-33-12)9-29-22(32)30-20(28-29)18(14-7-15(10-31)26-17(23)8-14)19(27-21(30)24)13-5-3-2-4-6-13/h2-8,11,31H,9-10H2,1H3,(H2,24,27)/i2D,3D,4D,5D,6D. The molecular weight excluding hydrogens is 446 g/mol. The van der Waals surface area contributed by atoms with Crippen molar-refractivity contribution in [2.45, 2.75) is 20.1 Å². The molecule has 0 bridgehead atoms. The van der Waals surface area contributed by atoms with E-state index in [4.69, 9.17) is 28.6 Å². The predicted molar refractivity (Wildman–Crippen MR) is 122 cm³/mol. The van der Waals surface area contributed by atoms with Gasteiger partial charge in [0.25, 0.3) is 0 Å². The number of hydrogen-bond donors (Lipinski definition) is 2. The van der Waals surface area contributed by atoms with Crippen LogP contribution in [0, 0.1) is 6.92 Å². The SMILES string of the molecule is [2H]c1c([2H])c([2H])c(-c2nc(N)n3c(=O)n(Cc4ncoc4C)nc3c2-c2cc(Cl)nc(CO)c2)c([2H])c1[2H]. The summed E-state index contributed by atoms with van der Waals surface area (Å²) in [5.74, 6) is 0.148. The van der Waals surface area contributed by atoms with Gasteiger partial charge in [0.05, 0.1) is 37.0 Å². The van der Waals surface area contributed by atoms with Gasteiger partial charge in [0.1, 0.15) is 16.6 Å². The van der Waals surface area contributed by atoms with Gasteiger partial charge in [0.15, 0.2) is 12.0 Å². The van der Waals surface area contributed by atoms with Gasteiger partial charge < -0.3 is 15.3 Å². The molecule has 0 fully saturated rings. The summed E-state index contributed by atoms with van der Waals surface area (Å²) >= 11 is 6.20. The van der Waals surface area contributed by atoms with Crippen molar-refractivity contribution in [1.82, 2.24) is 29.1 Å². The maximum atomic E-state index is 13.3. The van der Waals surface area contributed by atoms with Crippen LogP contribution in [0.2, 0.25) is 5.15 Å². The van der Waals surface area contributed by atoms with E-state index in [0.717, 1.165) is 9.08 Å². The average Bonchev–Trinajstić information content (AvgIpc) is 3.44. The maximum Gasteiger partial charge on any atom is 0.353 e. The first-order chi connectivity index (χ1) is 18.0. The molecule has 0 aliphatic heterocycles.